The van der Waals surface area contributed by atoms with E-state index in [1.54, 1.807) is 0 Å². The fourth-order valence-corrected chi connectivity index (χ4v) is 4.34. The number of benzene rings is 1. The summed E-state index contributed by atoms with van der Waals surface area (Å²) in [7, 11) is 2.09. The van der Waals surface area contributed by atoms with E-state index in [-0.39, 0.29) is 11.8 Å². The fraction of sp³-hybridized carbons (Fsp3) is 0.381. The van der Waals surface area contributed by atoms with E-state index in [0.717, 1.165) is 41.5 Å². The lowest BCUT2D eigenvalue weighted by Gasteiger charge is -2.30. The Morgan fingerprint density at radius 3 is 2.80 bits per heavy atom. The zero-order chi connectivity index (χ0) is 17.6. The molecule has 0 radical (unpaired) electrons. The number of aryl methyl sites for hydroxylation is 2. The van der Waals surface area contributed by atoms with E-state index in [1.807, 2.05) is 31.2 Å². The lowest BCUT2D eigenvalue weighted by atomic mass is 10.00. The fourth-order valence-electron chi connectivity index (χ4n) is 4.34. The zero-order valence-electron chi connectivity index (χ0n) is 15.1. The molecule has 4 nitrogen and oxygen atoms in total. The first-order valence-corrected chi connectivity index (χ1v) is 9.06. The number of hydrogen-bond donors (Lipinski definition) is 1. The number of aromatic nitrogens is 2. The molecule has 3 aromatic rings. The van der Waals surface area contributed by atoms with Crippen LogP contribution >= 0.6 is 0 Å². The summed E-state index contributed by atoms with van der Waals surface area (Å²) in [5, 5.41) is 1.03. The number of hydrogen-bond acceptors (Lipinski definition) is 2. The highest BCUT2D eigenvalue weighted by atomic mass is 16.1. The number of aromatic amines is 1. The molecule has 1 aliphatic heterocycles. The largest absolute Gasteiger partial charge is 0.358 e. The van der Waals surface area contributed by atoms with Crippen LogP contribution in [0.5, 0.6) is 0 Å². The van der Waals surface area contributed by atoms with Gasteiger partial charge in [-0.05, 0) is 51.4 Å². The number of likely N-dealkylation sites (tertiary alicyclic amines) is 1. The summed E-state index contributed by atoms with van der Waals surface area (Å²) < 4.78 is 2.18. The van der Waals surface area contributed by atoms with Crippen LogP contribution in [-0.2, 0) is 7.05 Å². The lowest BCUT2D eigenvalue weighted by molar-refractivity contribution is 0.0817. The number of fused-ring (bicyclic) bond motifs is 1. The standard InChI is InChI=1S/C21H25N3O/c1-14-20(16-8-4-5-9-17(16)22-14)21(25)15(2)24-13-7-11-19(24)18-10-6-12-23(18)3/h4-6,8-10,12,15,19,22H,7,11,13H2,1-3H3/t15-,19+/m1/s1. The van der Waals surface area contributed by atoms with Crippen molar-refractivity contribution in [1.29, 1.82) is 0 Å². The number of nitrogens with one attached hydrogen (secondary N) is 1. The molecule has 1 aromatic carbocycles. The molecule has 0 saturated carbocycles. The van der Waals surface area contributed by atoms with E-state index < -0.39 is 0 Å². The average Bonchev–Trinajstić information content (AvgIpc) is 3.30. The van der Waals surface area contributed by atoms with Crippen molar-refractivity contribution in [1.82, 2.24) is 14.5 Å². The minimum absolute atomic E-state index is 0.125. The molecule has 25 heavy (non-hydrogen) atoms. The molecule has 0 bridgehead atoms. The maximum absolute atomic E-state index is 13.4. The van der Waals surface area contributed by atoms with Crippen molar-refractivity contribution in [2.45, 2.75) is 38.8 Å². The van der Waals surface area contributed by atoms with E-state index in [4.69, 9.17) is 0 Å². The highest BCUT2D eigenvalue weighted by Gasteiger charge is 2.35. The molecule has 4 rings (SSSR count). The number of Topliss-reactive ketones (excluding diaryl/α,β-unsaturated/α-hetero) is 1. The number of carbonyl (C=O) groups excluding carboxylic acids is 1. The predicted octanol–water partition coefficient (Wildman–Crippen LogP) is 4.22. The second-order valence-corrected chi connectivity index (χ2v) is 7.15. The maximum atomic E-state index is 13.4. The van der Waals surface area contributed by atoms with Gasteiger partial charge in [0, 0.05) is 41.1 Å². The predicted molar refractivity (Wildman–Crippen MR) is 101 cm³/mol. The Bertz CT molecular complexity index is 920. The van der Waals surface area contributed by atoms with Crippen LogP contribution < -0.4 is 0 Å². The van der Waals surface area contributed by atoms with Crippen LogP contribution in [0.4, 0.5) is 0 Å². The number of carbonyl (C=O) groups is 1. The molecular formula is C21H25N3O. The van der Waals surface area contributed by atoms with E-state index in [2.05, 4.69) is 46.8 Å². The summed E-state index contributed by atoms with van der Waals surface area (Å²) in [6, 6.07) is 12.5. The SMILES string of the molecule is Cc1[nH]c2ccccc2c1C(=O)[C@@H](C)N1CCC[C@H]1c1cccn1C. The zero-order valence-corrected chi connectivity index (χ0v) is 15.1. The van der Waals surface area contributed by atoms with Crippen molar-refractivity contribution < 1.29 is 4.79 Å². The van der Waals surface area contributed by atoms with Gasteiger partial charge in [-0.2, -0.15) is 0 Å². The van der Waals surface area contributed by atoms with Gasteiger partial charge in [-0.3, -0.25) is 9.69 Å². The molecule has 0 amide bonds. The molecule has 130 valence electrons. The van der Waals surface area contributed by atoms with Gasteiger partial charge in [0.25, 0.3) is 0 Å². The second-order valence-electron chi connectivity index (χ2n) is 7.15. The number of rotatable bonds is 4. The molecular weight excluding hydrogens is 310 g/mol. The van der Waals surface area contributed by atoms with Crippen molar-refractivity contribution in [3.05, 3.63) is 59.5 Å². The van der Waals surface area contributed by atoms with Crippen molar-refractivity contribution in [2.75, 3.05) is 6.54 Å². The van der Waals surface area contributed by atoms with Gasteiger partial charge in [-0.15, -0.1) is 0 Å². The average molecular weight is 335 g/mol. The summed E-state index contributed by atoms with van der Waals surface area (Å²) >= 11 is 0. The van der Waals surface area contributed by atoms with Crippen LogP contribution in [-0.4, -0.2) is 32.8 Å². The molecule has 1 N–H and O–H groups in total. The van der Waals surface area contributed by atoms with Gasteiger partial charge < -0.3 is 9.55 Å². The van der Waals surface area contributed by atoms with E-state index in [1.165, 1.54) is 5.69 Å². The van der Waals surface area contributed by atoms with Crippen molar-refractivity contribution >= 4 is 16.7 Å². The third-order valence-electron chi connectivity index (χ3n) is 5.64. The Hall–Kier alpha value is -2.33. The summed E-state index contributed by atoms with van der Waals surface area (Å²) in [5.41, 5.74) is 4.15. The molecule has 1 aliphatic rings. The summed E-state index contributed by atoms with van der Waals surface area (Å²) in [4.78, 5) is 19.1. The second kappa shape index (κ2) is 6.19. The number of ketones is 1. The van der Waals surface area contributed by atoms with Crippen molar-refractivity contribution in [2.24, 2.45) is 7.05 Å². The third kappa shape index (κ3) is 2.61. The summed E-state index contributed by atoms with van der Waals surface area (Å²) in [6.45, 7) is 5.04. The molecule has 0 aliphatic carbocycles. The molecule has 3 heterocycles. The number of nitrogens with zero attached hydrogens (tertiary/aromatic N) is 2. The molecule has 0 spiro atoms. The monoisotopic (exact) mass is 335 g/mol. The quantitative estimate of drug-likeness (QED) is 0.725. The summed E-state index contributed by atoms with van der Waals surface area (Å²) in [5.74, 6) is 0.219. The topological polar surface area (TPSA) is 41.0 Å². The van der Waals surface area contributed by atoms with Crippen molar-refractivity contribution in [3.8, 4) is 0 Å². The Kier molecular flexibility index (Phi) is 4.00. The lowest BCUT2D eigenvalue weighted by Crippen LogP contribution is -2.39. The van der Waals surface area contributed by atoms with Gasteiger partial charge >= 0.3 is 0 Å². The molecule has 2 atom stereocenters. The first-order valence-electron chi connectivity index (χ1n) is 9.06. The van der Waals surface area contributed by atoms with Gasteiger partial charge in [0.15, 0.2) is 5.78 Å². The van der Waals surface area contributed by atoms with Gasteiger partial charge in [-0.25, -0.2) is 0 Å². The van der Waals surface area contributed by atoms with Crippen LogP contribution in [0.15, 0.2) is 42.6 Å². The minimum Gasteiger partial charge on any atom is -0.358 e. The van der Waals surface area contributed by atoms with Crippen LogP contribution in [0.3, 0.4) is 0 Å². The van der Waals surface area contributed by atoms with E-state index >= 15 is 0 Å². The molecule has 0 unspecified atom stereocenters. The smallest absolute Gasteiger partial charge is 0.182 e. The van der Waals surface area contributed by atoms with Crippen LogP contribution in [0, 0.1) is 6.92 Å². The van der Waals surface area contributed by atoms with E-state index in [9.17, 15) is 4.79 Å². The van der Waals surface area contributed by atoms with Gasteiger partial charge in [0.2, 0.25) is 0 Å². The van der Waals surface area contributed by atoms with Gasteiger partial charge in [0.1, 0.15) is 0 Å². The van der Waals surface area contributed by atoms with Crippen LogP contribution in [0.1, 0.15) is 47.6 Å². The Labute approximate surface area is 148 Å². The first kappa shape index (κ1) is 16.2. The number of H-pyrrole nitrogens is 1. The highest BCUT2D eigenvalue weighted by Crippen LogP contribution is 2.35. The molecule has 4 heteroatoms. The molecule has 1 saturated heterocycles. The minimum atomic E-state index is -0.125. The normalized spacial score (nSPS) is 19.6. The molecule has 1 fully saturated rings. The first-order chi connectivity index (χ1) is 12.1. The van der Waals surface area contributed by atoms with Gasteiger partial charge in [-0.1, -0.05) is 18.2 Å². The highest BCUT2D eigenvalue weighted by molar-refractivity contribution is 6.11. The van der Waals surface area contributed by atoms with Gasteiger partial charge in [0.05, 0.1) is 12.1 Å². The summed E-state index contributed by atoms with van der Waals surface area (Å²) in [6.07, 6.45) is 4.34. The Morgan fingerprint density at radius 1 is 1.24 bits per heavy atom. The Balaban J connectivity index is 1.68. The Morgan fingerprint density at radius 2 is 2.04 bits per heavy atom. The van der Waals surface area contributed by atoms with Crippen LogP contribution in [0.2, 0.25) is 0 Å². The number of para-hydroxylation sites is 1. The third-order valence-corrected chi connectivity index (χ3v) is 5.64. The molecule has 2 aromatic heterocycles. The van der Waals surface area contributed by atoms with Crippen molar-refractivity contribution in [3.63, 3.8) is 0 Å². The maximum Gasteiger partial charge on any atom is 0.182 e. The van der Waals surface area contributed by atoms with Crippen LogP contribution in [0.25, 0.3) is 10.9 Å². The van der Waals surface area contributed by atoms with E-state index in [0.29, 0.717) is 6.04 Å².